The second-order valence-electron chi connectivity index (χ2n) is 4.48. The van der Waals surface area contributed by atoms with Gasteiger partial charge in [0.15, 0.2) is 0 Å². The zero-order chi connectivity index (χ0) is 15.5. The predicted octanol–water partition coefficient (Wildman–Crippen LogP) is 3.41. The van der Waals surface area contributed by atoms with Crippen molar-refractivity contribution in [1.82, 2.24) is 0 Å². The number of aromatic carboxylic acids is 1. The SMILES string of the molecule is COC(Oc1cc(C(=O)O)ccc1C(F)(F)F)C(C)C. The maximum absolute atomic E-state index is 12.9. The summed E-state index contributed by atoms with van der Waals surface area (Å²) in [4.78, 5) is 10.8. The number of carbonyl (C=O) groups is 1. The molecule has 1 rings (SSSR count). The van der Waals surface area contributed by atoms with Gasteiger partial charge in [-0.3, -0.25) is 0 Å². The van der Waals surface area contributed by atoms with Crippen LogP contribution in [0.2, 0.25) is 0 Å². The molecule has 0 spiro atoms. The smallest absolute Gasteiger partial charge is 0.419 e. The zero-order valence-corrected chi connectivity index (χ0v) is 11.2. The van der Waals surface area contributed by atoms with Crippen LogP contribution in [0.3, 0.4) is 0 Å². The van der Waals surface area contributed by atoms with Gasteiger partial charge in [-0.05, 0) is 18.2 Å². The number of halogens is 3. The first-order valence-corrected chi connectivity index (χ1v) is 5.80. The fourth-order valence-corrected chi connectivity index (χ4v) is 1.57. The van der Waals surface area contributed by atoms with Gasteiger partial charge in [-0.2, -0.15) is 13.2 Å². The predicted molar refractivity (Wildman–Crippen MR) is 64.7 cm³/mol. The number of rotatable bonds is 5. The molecule has 0 fully saturated rings. The molecule has 0 aromatic heterocycles. The summed E-state index contributed by atoms with van der Waals surface area (Å²) in [5.41, 5.74) is -1.32. The first-order valence-electron chi connectivity index (χ1n) is 5.80. The Labute approximate surface area is 114 Å². The largest absolute Gasteiger partial charge is 0.478 e. The molecule has 7 heteroatoms. The van der Waals surface area contributed by atoms with Gasteiger partial charge >= 0.3 is 12.1 Å². The Morgan fingerprint density at radius 3 is 2.30 bits per heavy atom. The molecule has 0 bridgehead atoms. The molecule has 1 aromatic carbocycles. The van der Waals surface area contributed by atoms with Crippen LogP contribution in [-0.2, 0) is 10.9 Å². The molecule has 1 unspecified atom stereocenters. The molecule has 1 atom stereocenters. The van der Waals surface area contributed by atoms with E-state index in [2.05, 4.69) is 0 Å². The van der Waals surface area contributed by atoms with Gasteiger partial charge in [-0.25, -0.2) is 4.79 Å². The molecule has 0 amide bonds. The van der Waals surface area contributed by atoms with E-state index in [4.69, 9.17) is 14.6 Å². The molecule has 4 nitrogen and oxygen atoms in total. The summed E-state index contributed by atoms with van der Waals surface area (Å²) in [6.45, 7) is 3.42. The van der Waals surface area contributed by atoms with Crippen molar-refractivity contribution in [3.63, 3.8) is 0 Å². The zero-order valence-electron chi connectivity index (χ0n) is 11.2. The summed E-state index contributed by atoms with van der Waals surface area (Å²) < 4.78 is 48.7. The molecule has 0 aliphatic rings. The Hall–Kier alpha value is -1.76. The van der Waals surface area contributed by atoms with Gasteiger partial charge in [-0.1, -0.05) is 13.8 Å². The first-order chi connectivity index (χ1) is 9.16. The average molecular weight is 292 g/mol. The molecule has 0 aliphatic heterocycles. The van der Waals surface area contributed by atoms with E-state index in [1.807, 2.05) is 0 Å². The topological polar surface area (TPSA) is 55.8 Å². The minimum absolute atomic E-state index is 0.199. The Bertz CT molecular complexity index is 483. The Balaban J connectivity index is 3.24. The minimum atomic E-state index is -4.64. The fourth-order valence-electron chi connectivity index (χ4n) is 1.57. The van der Waals surface area contributed by atoms with E-state index in [0.717, 1.165) is 12.1 Å². The number of carboxylic acids is 1. The van der Waals surface area contributed by atoms with Gasteiger partial charge < -0.3 is 14.6 Å². The fraction of sp³-hybridized carbons (Fsp3) is 0.462. The molecule has 112 valence electrons. The third-order valence-corrected chi connectivity index (χ3v) is 2.55. The summed E-state index contributed by atoms with van der Waals surface area (Å²) in [5, 5.41) is 8.84. The van der Waals surface area contributed by atoms with Crippen LogP contribution in [0.15, 0.2) is 18.2 Å². The summed E-state index contributed by atoms with van der Waals surface area (Å²) >= 11 is 0. The van der Waals surface area contributed by atoms with E-state index >= 15 is 0 Å². The number of hydrogen-bond acceptors (Lipinski definition) is 3. The van der Waals surface area contributed by atoms with Gasteiger partial charge in [0.25, 0.3) is 0 Å². The second kappa shape index (κ2) is 6.13. The van der Waals surface area contributed by atoms with Crippen LogP contribution in [-0.4, -0.2) is 24.5 Å². The van der Waals surface area contributed by atoms with Gasteiger partial charge in [0.2, 0.25) is 6.29 Å². The summed E-state index contributed by atoms with van der Waals surface area (Å²) in [7, 11) is 1.30. The Morgan fingerprint density at radius 1 is 1.30 bits per heavy atom. The highest BCUT2D eigenvalue weighted by atomic mass is 19.4. The average Bonchev–Trinajstić information content (AvgIpc) is 2.33. The number of ether oxygens (including phenoxy) is 2. The van der Waals surface area contributed by atoms with E-state index in [0.29, 0.717) is 6.07 Å². The Kier molecular flexibility index (Phi) is 4.99. The highest BCUT2D eigenvalue weighted by molar-refractivity contribution is 5.88. The van der Waals surface area contributed by atoms with Crippen LogP contribution in [0.5, 0.6) is 5.75 Å². The highest BCUT2D eigenvalue weighted by Crippen LogP contribution is 2.37. The molecular weight excluding hydrogens is 277 g/mol. The molecule has 20 heavy (non-hydrogen) atoms. The van der Waals surface area contributed by atoms with E-state index in [1.165, 1.54) is 7.11 Å². The van der Waals surface area contributed by atoms with Gasteiger partial charge in [0.05, 0.1) is 11.1 Å². The van der Waals surface area contributed by atoms with E-state index < -0.39 is 29.7 Å². The van der Waals surface area contributed by atoms with Crippen molar-refractivity contribution in [1.29, 1.82) is 0 Å². The van der Waals surface area contributed by atoms with Crippen molar-refractivity contribution in [3.05, 3.63) is 29.3 Å². The summed E-state index contributed by atoms with van der Waals surface area (Å²) in [5.74, 6) is -2.09. The van der Waals surface area contributed by atoms with Crippen LogP contribution < -0.4 is 4.74 Å². The third-order valence-electron chi connectivity index (χ3n) is 2.55. The third kappa shape index (κ3) is 3.86. The minimum Gasteiger partial charge on any atom is -0.478 e. The van der Waals surface area contributed by atoms with Crippen molar-refractivity contribution in [2.75, 3.05) is 7.11 Å². The number of hydrogen-bond donors (Lipinski definition) is 1. The van der Waals surface area contributed by atoms with E-state index in [-0.39, 0.29) is 11.5 Å². The van der Waals surface area contributed by atoms with Crippen LogP contribution >= 0.6 is 0 Å². The van der Waals surface area contributed by atoms with Crippen molar-refractivity contribution in [2.45, 2.75) is 26.3 Å². The van der Waals surface area contributed by atoms with Crippen LogP contribution in [0.4, 0.5) is 13.2 Å². The van der Waals surface area contributed by atoms with Crippen molar-refractivity contribution >= 4 is 5.97 Å². The first kappa shape index (κ1) is 16.3. The molecule has 1 N–H and O–H groups in total. The van der Waals surface area contributed by atoms with Gasteiger partial charge in [0, 0.05) is 13.0 Å². The van der Waals surface area contributed by atoms with E-state index in [9.17, 15) is 18.0 Å². The molecule has 0 saturated carbocycles. The Morgan fingerprint density at radius 2 is 1.90 bits per heavy atom. The van der Waals surface area contributed by atoms with Crippen molar-refractivity contribution < 1.29 is 32.5 Å². The lowest BCUT2D eigenvalue weighted by molar-refractivity contribution is -0.143. The molecule has 0 heterocycles. The van der Waals surface area contributed by atoms with Crippen molar-refractivity contribution in [3.8, 4) is 5.75 Å². The van der Waals surface area contributed by atoms with Gasteiger partial charge in [0.1, 0.15) is 5.75 Å². The quantitative estimate of drug-likeness (QED) is 0.845. The lowest BCUT2D eigenvalue weighted by Gasteiger charge is -2.23. The lowest BCUT2D eigenvalue weighted by atomic mass is 10.1. The summed E-state index contributed by atoms with van der Waals surface area (Å²) in [6.07, 6.45) is -5.54. The van der Waals surface area contributed by atoms with Crippen LogP contribution in [0.1, 0.15) is 29.8 Å². The van der Waals surface area contributed by atoms with Crippen LogP contribution in [0, 0.1) is 5.92 Å². The molecule has 1 aromatic rings. The number of benzene rings is 1. The summed E-state index contributed by atoms with van der Waals surface area (Å²) in [6, 6.07) is 2.42. The van der Waals surface area contributed by atoms with Crippen LogP contribution in [0.25, 0.3) is 0 Å². The maximum atomic E-state index is 12.9. The van der Waals surface area contributed by atoms with Gasteiger partial charge in [-0.15, -0.1) is 0 Å². The van der Waals surface area contributed by atoms with Crippen molar-refractivity contribution in [2.24, 2.45) is 5.92 Å². The number of methoxy groups -OCH3 is 1. The molecular formula is C13H15F3O4. The monoisotopic (exact) mass is 292 g/mol. The molecule has 0 saturated heterocycles. The number of carboxylic acid groups (broad SMARTS) is 1. The maximum Gasteiger partial charge on any atom is 0.419 e. The normalized spacial score (nSPS) is 13.3. The molecule has 0 radical (unpaired) electrons. The highest BCUT2D eigenvalue weighted by Gasteiger charge is 2.35. The second-order valence-corrected chi connectivity index (χ2v) is 4.48. The lowest BCUT2D eigenvalue weighted by Crippen LogP contribution is -2.26. The number of alkyl halides is 3. The van der Waals surface area contributed by atoms with E-state index in [1.54, 1.807) is 13.8 Å². The standard InChI is InChI=1S/C13H15F3O4/c1-7(2)12(19-3)20-10-6-8(11(17)18)4-5-9(10)13(14,15)16/h4-7,12H,1-3H3,(H,17,18). The molecule has 0 aliphatic carbocycles.